The largest absolute Gasteiger partial charge is 0.393 e. The summed E-state index contributed by atoms with van der Waals surface area (Å²) in [6.45, 7) is 3.74. The maximum absolute atomic E-state index is 12.8. The second-order valence-electron chi connectivity index (χ2n) is 6.05. The summed E-state index contributed by atoms with van der Waals surface area (Å²) >= 11 is 0. The average molecular weight is 292 g/mol. The van der Waals surface area contributed by atoms with Crippen molar-refractivity contribution in [2.24, 2.45) is 11.3 Å². The number of halogens is 3. The number of carbonyl (C=O) groups excluding carboxylic acids is 1. The van der Waals surface area contributed by atoms with Crippen LogP contribution in [0.3, 0.4) is 0 Å². The Morgan fingerprint density at radius 3 is 2.70 bits per heavy atom. The van der Waals surface area contributed by atoms with Crippen molar-refractivity contribution in [1.29, 1.82) is 0 Å². The molecule has 1 N–H and O–H groups in total. The van der Waals surface area contributed by atoms with Gasteiger partial charge in [-0.05, 0) is 38.6 Å². The maximum atomic E-state index is 12.8. The minimum Gasteiger partial charge on any atom is -0.342 e. The molecule has 6 heteroatoms. The van der Waals surface area contributed by atoms with Crippen molar-refractivity contribution in [2.45, 2.75) is 45.2 Å². The molecular weight excluding hydrogens is 269 g/mol. The second kappa shape index (κ2) is 5.92. The molecule has 2 fully saturated rings. The number of rotatable bonds is 2. The fourth-order valence-corrected chi connectivity index (χ4v) is 3.37. The van der Waals surface area contributed by atoms with Gasteiger partial charge in [0.1, 0.15) is 0 Å². The summed E-state index contributed by atoms with van der Waals surface area (Å²) in [5, 5.41) is 3.22. The number of carbonyl (C=O) groups is 1. The van der Waals surface area contributed by atoms with E-state index in [0.29, 0.717) is 25.9 Å². The molecule has 2 atom stereocenters. The summed E-state index contributed by atoms with van der Waals surface area (Å²) in [7, 11) is 0. The monoisotopic (exact) mass is 292 g/mol. The van der Waals surface area contributed by atoms with Crippen molar-refractivity contribution in [3.05, 3.63) is 0 Å². The van der Waals surface area contributed by atoms with E-state index in [-0.39, 0.29) is 18.9 Å². The van der Waals surface area contributed by atoms with Crippen LogP contribution in [0.25, 0.3) is 0 Å². The molecule has 0 aliphatic carbocycles. The number of likely N-dealkylation sites (tertiary alicyclic amines) is 1. The number of nitrogens with one attached hydrogen (secondary N) is 1. The van der Waals surface area contributed by atoms with Gasteiger partial charge < -0.3 is 10.2 Å². The van der Waals surface area contributed by atoms with E-state index in [1.165, 1.54) is 4.90 Å². The smallest absolute Gasteiger partial charge is 0.342 e. The highest BCUT2D eigenvalue weighted by atomic mass is 19.4. The minimum absolute atomic E-state index is 0.0823. The molecule has 20 heavy (non-hydrogen) atoms. The van der Waals surface area contributed by atoms with Crippen LogP contribution in [0.4, 0.5) is 13.2 Å². The lowest BCUT2D eigenvalue weighted by Crippen LogP contribution is -2.54. The topological polar surface area (TPSA) is 32.3 Å². The number of alkyl halides is 3. The van der Waals surface area contributed by atoms with E-state index in [4.69, 9.17) is 0 Å². The van der Waals surface area contributed by atoms with Gasteiger partial charge in [-0.1, -0.05) is 6.92 Å². The standard InChI is InChI=1S/C14H23F3N2O/c1-2-13(6-4-7-18-10-13)12(20)19-8-3-5-11(9-19)14(15,16)17/h11,18H,2-10H2,1H3. The van der Waals surface area contributed by atoms with Crippen LogP contribution in [-0.4, -0.2) is 43.2 Å². The first-order chi connectivity index (χ1) is 9.39. The normalized spacial score (nSPS) is 32.2. The van der Waals surface area contributed by atoms with Crippen LogP contribution >= 0.6 is 0 Å². The SMILES string of the molecule is CCC1(C(=O)N2CCCC(C(F)(F)F)C2)CCCNC1. The summed E-state index contributed by atoms with van der Waals surface area (Å²) in [6.07, 6.45) is -1.22. The first-order valence-corrected chi connectivity index (χ1v) is 7.46. The molecule has 2 unspecified atom stereocenters. The highest BCUT2D eigenvalue weighted by molar-refractivity contribution is 5.83. The molecule has 3 nitrogen and oxygen atoms in total. The Morgan fingerprint density at radius 2 is 2.15 bits per heavy atom. The van der Waals surface area contributed by atoms with E-state index in [0.717, 1.165) is 19.4 Å². The third kappa shape index (κ3) is 3.10. The molecule has 0 saturated carbocycles. The summed E-state index contributed by atoms with van der Waals surface area (Å²) in [5.74, 6) is -1.44. The van der Waals surface area contributed by atoms with Gasteiger partial charge in [-0.15, -0.1) is 0 Å². The molecule has 116 valence electrons. The van der Waals surface area contributed by atoms with Crippen molar-refractivity contribution < 1.29 is 18.0 Å². The Labute approximate surface area is 117 Å². The molecule has 0 spiro atoms. The maximum Gasteiger partial charge on any atom is 0.393 e. The molecule has 0 radical (unpaired) electrons. The molecular formula is C14H23F3N2O. The zero-order valence-corrected chi connectivity index (χ0v) is 11.9. The summed E-state index contributed by atoms with van der Waals surface area (Å²) in [6, 6.07) is 0. The fourth-order valence-electron chi connectivity index (χ4n) is 3.37. The van der Waals surface area contributed by atoms with Crippen molar-refractivity contribution in [2.75, 3.05) is 26.2 Å². The number of amides is 1. The molecule has 1 amide bonds. The van der Waals surface area contributed by atoms with E-state index >= 15 is 0 Å². The van der Waals surface area contributed by atoms with E-state index < -0.39 is 17.5 Å². The van der Waals surface area contributed by atoms with Gasteiger partial charge in [0.25, 0.3) is 0 Å². The predicted octanol–water partition coefficient (Wildman–Crippen LogP) is 2.57. The number of nitrogens with zero attached hydrogens (tertiary/aromatic N) is 1. The summed E-state index contributed by atoms with van der Waals surface area (Å²) < 4.78 is 38.5. The quantitative estimate of drug-likeness (QED) is 0.848. The zero-order chi connectivity index (χ0) is 14.8. The number of piperidine rings is 2. The number of hydrogen-bond donors (Lipinski definition) is 1. The van der Waals surface area contributed by atoms with Crippen molar-refractivity contribution in [1.82, 2.24) is 10.2 Å². The van der Waals surface area contributed by atoms with E-state index in [9.17, 15) is 18.0 Å². The third-order valence-corrected chi connectivity index (χ3v) is 4.77. The van der Waals surface area contributed by atoms with E-state index in [2.05, 4.69) is 5.32 Å². The third-order valence-electron chi connectivity index (χ3n) is 4.77. The average Bonchev–Trinajstić information content (AvgIpc) is 2.46. The van der Waals surface area contributed by atoms with Gasteiger partial charge in [0.2, 0.25) is 5.91 Å². The zero-order valence-electron chi connectivity index (χ0n) is 11.9. The van der Waals surface area contributed by atoms with Gasteiger partial charge in [-0.25, -0.2) is 0 Å². The summed E-state index contributed by atoms with van der Waals surface area (Å²) in [5.41, 5.74) is -0.494. The second-order valence-corrected chi connectivity index (χ2v) is 6.05. The van der Waals surface area contributed by atoms with Crippen LogP contribution in [0.5, 0.6) is 0 Å². The first kappa shape index (κ1) is 15.6. The van der Waals surface area contributed by atoms with Crippen LogP contribution < -0.4 is 5.32 Å². The molecule has 0 aromatic rings. The van der Waals surface area contributed by atoms with Crippen LogP contribution in [0.2, 0.25) is 0 Å². The van der Waals surface area contributed by atoms with Gasteiger partial charge in [-0.3, -0.25) is 4.79 Å². The molecule has 0 bridgehead atoms. The molecule has 2 saturated heterocycles. The van der Waals surface area contributed by atoms with E-state index in [1.54, 1.807) is 0 Å². The lowest BCUT2D eigenvalue weighted by atomic mass is 9.76. The predicted molar refractivity (Wildman–Crippen MR) is 70.2 cm³/mol. The lowest BCUT2D eigenvalue weighted by Gasteiger charge is -2.42. The summed E-state index contributed by atoms with van der Waals surface area (Å²) in [4.78, 5) is 14.2. The van der Waals surface area contributed by atoms with Crippen LogP contribution in [0, 0.1) is 11.3 Å². The van der Waals surface area contributed by atoms with Crippen molar-refractivity contribution in [3.63, 3.8) is 0 Å². The molecule has 2 rings (SSSR count). The minimum atomic E-state index is -4.19. The van der Waals surface area contributed by atoms with Crippen LogP contribution in [0.1, 0.15) is 39.0 Å². The van der Waals surface area contributed by atoms with Crippen molar-refractivity contribution in [3.8, 4) is 0 Å². The van der Waals surface area contributed by atoms with Crippen LogP contribution in [0.15, 0.2) is 0 Å². The van der Waals surface area contributed by atoms with E-state index in [1.807, 2.05) is 6.92 Å². The van der Waals surface area contributed by atoms with Gasteiger partial charge >= 0.3 is 6.18 Å². The Hall–Kier alpha value is -0.780. The Kier molecular flexibility index (Phi) is 4.62. The Balaban J connectivity index is 2.07. The fraction of sp³-hybridized carbons (Fsp3) is 0.929. The van der Waals surface area contributed by atoms with Gasteiger partial charge in [0, 0.05) is 19.6 Å². The molecule has 0 aromatic carbocycles. The first-order valence-electron chi connectivity index (χ1n) is 7.46. The highest BCUT2D eigenvalue weighted by Gasteiger charge is 2.46. The highest BCUT2D eigenvalue weighted by Crippen LogP contribution is 2.37. The molecule has 0 aromatic heterocycles. The van der Waals surface area contributed by atoms with Gasteiger partial charge in [0.15, 0.2) is 0 Å². The Morgan fingerprint density at radius 1 is 1.40 bits per heavy atom. The van der Waals surface area contributed by atoms with Gasteiger partial charge in [0.05, 0.1) is 11.3 Å². The van der Waals surface area contributed by atoms with Crippen LogP contribution in [-0.2, 0) is 4.79 Å². The molecule has 2 aliphatic heterocycles. The van der Waals surface area contributed by atoms with Crippen molar-refractivity contribution >= 4 is 5.91 Å². The Bertz CT molecular complexity index is 351. The molecule has 2 heterocycles. The van der Waals surface area contributed by atoms with Gasteiger partial charge in [-0.2, -0.15) is 13.2 Å². The number of hydrogen-bond acceptors (Lipinski definition) is 2. The lowest BCUT2D eigenvalue weighted by molar-refractivity contribution is -0.190. The molecule has 2 aliphatic rings.